The number of sulfone groups is 1. The first-order valence-corrected chi connectivity index (χ1v) is 6.19. The van der Waals surface area contributed by atoms with E-state index in [1.165, 1.54) is 0 Å². The van der Waals surface area contributed by atoms with E-state index in [0.717, 1.165) is 0 Å². The maximum absolute atomic E-state index is 11.1. The molecule has 1 aliphatic heterocycles. The van der Waals surface area contributed by atoms with Gasteiger partial charge < -0.3 is 5.32 Å². The van der Waals surface area contributed by atoms with Crippen molar-refractivity contribution in [3.8, 4) is 6.07 Å². The molecule has 74 valence electrons. The van der Waals surface area contributed by atoms with Crippen LogP contribution in [-0.4, -0.2) is 32.0 Å². The summed E-state index contributed by atoms with van der Waals surface area (Å²) in [6.07, 6.45) is 1.11. The molecule has 2 unspecified atom stereocenters. The van der Waals surface area contributed by atoms with Gasteiger partial charge in [-0.1, -0.05) is 0 Å². The Morgan fingerprint density at radius 1 is 1.69 bits per heavy atom. The van der Waals surface area contributed by atoms with E-state index in [9.17, 15) is 8.42 Å². The number of hydrogen-bond acceptors (Lipinski definition) is 4. The van der Waals surface area contributed by atoms with Gasteiger partial charge in [0.2, 0.25) is 0 Å². The second kappa shape index (κ2) is 4.07. The second-order valence-electron chi connectivity index (χ2n) is 3.53. The normalized spacial score (nSPS) is 28.2. The molecule has 2 atom stereocenters. The van der Waals surface area contributed by atoms with Crippen LogP contribution in [0.4, 0.5) is 0 Å². The first-order valence-electron chi connectivity index (χ1n) is 4.37. The Hall–Kier alpha value is -0.600. The van der Waals surface area contributed by atoms with Crippen molar-refractivity contribution in [3.63, 3.8) is 0 Å². The van der Waals surface area contributed by atoms with E-state index in [-0.39, 0.29) is 23.6 Å². The quantitative estimate of drug-likeness (QED) is 0.703. The van der Waals surface area contributed by atoms with Crippen molar-refractivity contribution in [2.24, 2.45) is 0 Å². The lowest BCUT2D eigenvalue weighted by Crippen LogP contribution is -2.37. The van der Waals surface area contributed by atoms with Crippen molar-refractivity contribution in [2.75, 3.05) is 11.5 Å². The van der Waals surface area contributed by atoms with E-state index >= 15 is 0 Å². The van der Waals surface area contributed by atoms with Crippen LogP contribution >= 0.6 is 0 Å². The summed E-state index contributed by atoms with van der Waals surface area (Å²) in [4.78, 5) is 0. The van der Waals surface area contributed by atoms with Crippen LogP contribution in [0.5, 0.6) is 0 Å². The van der Waals surface area contributed by atoms with E-state index in [1.54, 1.807) is 0 Å². The molecule has 0 aromatic carbocycles. The van der Waals surface area contributed by atoms with Gasteiger partial charge in [-0.15, -0.1) is 0 Å². The number of rotatable bonds is 3. The standard InChI is InChI=1S/C8H14N2O2S/c1-7(2-4-9)10-8-3-5-13(11,12)6-8/h7-8,10H,2-3,5-6H2,1H3. The lowest BCUT2D eigenvalue weighted by atomic mass is 10.2. The third-order valence-electron chi connectivity index (χ3n) is 2.15. The van der Waals surface area contributed by atoms with Crippen LogP contribution in [0, 0.1) is 11.3 Å². The predicted octanol–water partition coefficient (Wildman–Crippen LogP) is 0.0653. The number of hydrogen-bond donors (Lipinski definition) is 1. The summed E-state index contributed by atoms with van der Waals surface area (Å²) in [6.45, 7) is 1.90. The lowest BCUT2D eigenvalue weighted by molar-refractivity contribution is 0.476. The van der Waals surface area contributed by atoms with Crippen molar-refractivity contribution < 1.29 is 8.42 Å². The SMILES string of the molecule is CC(CC#N)NC1CCS(=O)(=O)C1. The summed E-state index contributed by atoms with van der Waals surface area (Å²) >= 11 is 0. The molecule has 1 N–H and O–H groups in total. The third kappa shape index (κ3) is 3.33. The summed E-state index contributed by atoms with van der Waals surface area (Å²) < 4.78 is 22.2. The number of nitriles is 1. The van der Waals surface area contributed by atoms with E-state index in [2.05, 4.69) is 11.4 Å². The molecule has 0 spiro atoms. The fourth-order valence-electron chi connectivity index (χ4n) is 1.52. The van der Waals surface area contributed by atoms with Crippen LogP contribution < -0.4 is 5.32 Å². The van der Waals surface area contributed by atoms with Gasteiger partial charge in [0.1, 0.15) is 0 Å². The van der Waals surface area contributed by atoms with E-state index in [4.69, 9.17) is 5.26 Å². The zero-order valence-electron chi connectivity index (χ0n) is 7.66. The van der Waals surface area contributed by atoms with Gasteiger partial charge in [0.15, 0.2) is 9.84 Å². The number of nitrogens with zero attached hydrogens (tertiary/aromatic N) is 1. The minimum absolute atomic E-state index is 0.0494. The molecule has 13 heavy (non-hydrogen) atoms. The van der Waals surface area contributed by atoms with Crippen LogP contribution in [0.25, 0.3) is 0 Å². The largest absolute Gasteiger partial charge is 0.309 e. The fourth-order valence-corrected chi connectivity index (χ4v) is 3.21. The molecule has 5 heteroatoms. The van der Waals surface area contributed by atoms with Crippen LogP contribution in [-0.2, 0) is 9.84 Å². The van der Waals surface area contributed by atoms with Crippen LogP contribution in [0.1, 0.15) is 19.8 Å². The molecule has 0 amide bonds. The van der Waals surface area contributed by atoms with Crippen LogP contribution in [0.3, 0.4) is 0 Å². The Balaban J connectivity index is 2.37. The Morgan fingerprint density at radius 2 is 2.38 bits per heavy atom. The zero-order valence-corrected chi connectivity index (χ0v) is 8.47. The van der Waals surface area contributed by atoms with Gasteiger partial charge in [-0.3, -0.25) is 0 Å². The summed E-state index contributed by atoms with van der Waals surface area (Å²) in [7, 11) is -2.80. The molecular weight excluding hydrogens is 188 g/mol. The highest BCUT2D eigenvalue weighted by Gasteiger charge is 2.28. The van der Waals surface area contributed by atoms with Crippen molar-refractivity contribution in [2.45, 2.75) is 31.8 Å². The van der Waals surface area contributed by atoms with Gasteiger partial charge >= 0.3 is 0 Å². The first kappa shape index (κ1) is 10.5. The molecule has 0 aliphatic carbocycles. The highest BCUT2D eigenvalue weighted by atomic mass is 32.2. The molecule has 0 aromatic rings. The third-order valence-corrected chi connectivity index (χ3v) is 3.92. The molecule has 0 aromatic heterocycles. The van der Waals surface area contributed by atoms with Crippen molar-refractivity contribution in [3.05, 3.63) is 0 Å². The molecule has 1 aliphatic rings. The highest BCUT2D eigenvalue weighted by Crippen LogP contribution is 2.12. The van der Waals surface area contributed by atoms with Gasteiger partial charge in [-0.2, -0.15) is 5.26 Å². The average molecular weight is 202 g/mol. The van der Waals surface area contributed by atoms with Crippen molar-refractivity contribution in [1.82, 2.24) is 5.32 Å². The smallest absolute Gasteiger partial charge is 0.151 e. The van der Waals surface area contributed by atoms with Gasteiger partial charge in [0.05, 0.1) is 24.0 Å². The summed E-state index contributed by atoms with van der Waals surface area (Å²) in [5.41, 5.74) is 0. The number of nitrogens with one attached hydrogen (secondary N) is 1. The second-order valence-corrected chi connectivity index (χ2v) is 5.76. The van der Waals surface area contributed by atoms with Gasteiger partial charge in [0, 0.05) is 12.1 Å². The molecule has 4 nitrogen and oxygen atoms in total. The maximum atomic E-state index is 11.1. The first-order chi connectivity index (χ1) is 6.03. The maximum Gasteiger partial charge on any atom is 0.151 e. The highest BCUT2D eigenvalue weighted by molar-refractivity contribution is 7.91. The molecule has 1 saturated heterocycles. The Bertz CT molecular complexity index is 305. The Morgan fingerprint density at radius 3 is 2.85 bits per heavy atom. The van der Waals surface area contributed by atoms with Crippen LogP contribution in [0.15, 0.2) is 0 Å². The Kier molecular flexibility index (Phi) is 3.28. The topological polar surface area (TPSA) is 70.0 Å². The molecule has 1 rings (SSSR count). The summed E-state index contributed by atoms with van der Waals surface area (Å²) in [5, 5.41) is 11.5. The van der Waals surface area contributed by atoms with Crippen molar-refractivity contribution >= 4 is 9.84 Å². The summed E-state index contributed by atoms with van der Waals surface area (Å²) in [5.74, 6) is 0.507. The molecular formula is C8H14N2O2S. The fraction of sp³-hybridized carbons (Fsp3) is 0.875. The van der Waals surface area contributed by atoms with Gasteiger partial charge in [0.25, 0.3) is 0 Å². The summed E-state index contributed by atoms with van der Waals surface area (Å²) in [6, 6.07) is 2.19. The molecule has 0 bridgehead atoms. The average Bonchev–Trinajstić information content (AvgIpc) is 2.30. The van der Waals surface area contributed by atoms with E-state index < -0.39 is 9.84 Å². The monoisotopic (exact) mass is 202 g/mol. The Labute approximate surface area is 78.9 Å². The van der Waals surface area contributed by atoms with Gasteiger partial charge in [-0.25, -0.2) is 8.42 Å². The van der Waals surface area contributed by atoms with Gasteiger partial charge in [-0.05, 0) is 13.3 Å². The lowest BCUT2D eigenvalue weighted by Gasteiger charge is -2.15. The molecule has 0 saturated carbocycles. The zero-order chi connectivity index (χ0) is 9.90. The molecule has 1 fully saturated rings. The predicted molar refractivity (Wildman–Crippen MR) is 49.9 cm³/mol. The van der Waals surface area contributed by atoms with E-state index in [0.29, 0.717) is 12.8 Å². The van der Waals surface area contributed by atoms with E-state index in [1.807, 2.05) is 6.92 Å². The minimum Gasteiger partial charge on any atom is -0.309 e. The van der Waals surface area contributed by atoms with Crippen LogP contribution in [0.2, 0.25) is 0 Å². The van der Waals surface area contributed by atoms with Crippen molar-refractivity contribution in [1.29, 1.82) is 5.26 Å². The molecule has 1 heterocycles. The minimum atomic E-state index is -2.80. The molecule has 0 radical (unpaired) electrons.